The predicted octanol–water partition coefficient (Wildman–Crippen LogP) is 0.446. The van der Waals surface area contributed by atoms with Crippen molar-refractivity contribution in [1.82, 2.24) is 4.90 Å². The van der Waals surface area contributed by atoms with Crippen LogP contribution in [0.1, 0.15) is 33.1 Å². The molecule has 3 N–H and O–H groups in total. The third kappa shape index (κ3) is 5.85. The van der Waals surface area contributed by atoms with Crippen LogP contribution in [0.2, 0.25) is 0 Å². The summed E-state index contributed by atoms with van der Waals surface area (Å²) >= 11 is 0. The van der Waals surface area contributed by atoms with Crippen molar-refractivity contribution in [3.05, 3.63) is 11.6 Å². The van der Waals surface area contributed by atoms with E-state index in [0.717, 1.165) is 19.3 Å². The zero-order valence-electron chi connectivity index (χ0n) is 12.9. The minimum Gasteiger partial charge on any atom is -0.396 e. The summed E-state index contributed by atoms with van der Waals surface area (Å²) in [5.74, 6) is -0.749. The van der Waals surface area contributed by atoms with E-state index < -0.39 is 5.91 Å². The van der Waals surface area contributed by atoms with E-state index in [1.54, 1.807) is 4.90 Å². The maximum absolute atomic E-state index is 12.1. The molecule has 6 heteroatoms. The molecular formula is C15H26N2O4. The lowest BCUT2D eigenvalue weighted by Crippen LogP contribution is -2.49. The molecule has 0 aliphatic carbocycles. The van der Waals surface area contributed by atoms with Gasteiger partial charge in [0.05, 0.1) is 6.61 Å². The van der Waals surface area contributed by atoms with Gasteiger partial charge in [0, 0.05) is 18.5 Å². The highest BCUT2D eigenvalue weighted by Gasteiger charge is 2.35. The van der Waals surface area contributed by atoms with Crippen molar-refractivity contribution in [2.45, 2.75) is 33.1 Å². The predicted molar refractivity (Wildman–Crippen MR) is 79.4 cm³/mol. The fourth-order valence-corrected chi connectivity index (χ4v) is 2.53. The number of aliphatic hydroxyl groups is 1. The fourth-order valence-electron chi connectivity index (χ4n) is 2.53. The van der Waals surface area contributed by atoms with Gasteiger partial charge in [-0.2, -0.15) is 0 Å². The first-order valence-electron chi connectivity index (χ1n) is 7.26. The Morgan fingerprint density at radius 1 is 1.38 bits per heavy atom. The molecule has 6 nitrogen and oxygen atoms in total. The van der Waals surface area contributed by atoms with Crippen molar-refractivity contribution in [3.63, 3.8) is 0 Å². The molecule has 1 heterocycles. The van der Waals surface area contributed by atoms with Gasteiger partial charge in [0.15, 0.2) is 0 Å². The molecule has 120 valence electrons. The number of nitrogens with zero attached hydrogens (tertiary/aromatic N) is 1. The van der Waals surface area contributed by atoms with Crippen molar-refractivity contribution < 1.29 is 19.4 Å². The number of carbonyl (C=O) groups is 2. The molecule has 0 saturated carbocycles. The van der Waals surface area contributed by atoms with Gasteiger partial charge in [-0.3, -0.25) is 9.59 Å². The molecule has 2 amide bonds. The van der Waals surface area contributed by atoms with Crippen LogP contribution >= 0.6 is 0 Å². The number of likely N-dealkylation sites (tertiary alicyclic amines) is 1. The second kappa shape index (κ2) is 8.14. The minimum atomic E-state index is -0.588. The van der Waals surface area contributed by atoms with E-state index in [2.05, 4.69) is 6.08 Å². The summed E-state index contributed by atoms with van der Waals surface area (Å²) in [5.41, 5.74) is 5.90. The number of hydrogen-bond donors (Lipinski definition) is 2. The van der Waals surface area contributed by atoms with E-state index in [9.17, 15) is 14.7 Å². The van der Waals surface area contributed by atoms with Crippen molar-refractivity contribution in [3.8, 4) is 0 Å². The van der Waals surface area contributed by atoms with E-state index >= 15 is 0 Å². The molecule has 21 heavy (non-hydrogen) atoms. The van der Waals surface area contributed by atoms with E-state index in [0.29, 0.717) is 13.1 Å². The monoisotopic (exact) mass is 298 g/mol. The summed E-state index contributed by atoms with van der Waals surface area (Å²) in [7, 11) is 0. The lowest BCUT2D eigenvalue weighted by molar-refractivity contribution is -0.141. The van der Waals surface area contributed by atoms with Crippen LogP contribution < -0.4 is 5.73 Å². The summed E-state index contributed by atoms with van der Waals surface area (Å²) in [4.78, 5) is 24.4. The standard InChI is InChI=1S/C15H26N2O4/c1-12(2)4-6-15(11-18)5-3-7-17(10-15)14(20)9-21-8-13(16)19/h4,18H,3,5-11H2,1-2H3,(H2,16,19)/t15-/m0/s1. The molecule has 1 saturated heterocycles. The Labute approximate surface area is 125 Å². The van der Waals surface area contributed by atoms with E-state index in [4.69, 9.17) is 10.5 Å². The smallest absolute Gasteiger partial charge is 0.248 e. The molecule has 1 aliphatic heterocycles. The summed E-state index contributed by atoms with van der Waals surface area (Å²) in [6, 6.07) is 0. The molecule has 0 bridgehead atoms. The maximum atomic E-state index is 12.1. The third-order valence-electron chi connectivity index (χ3n) is 3.76. The van der Waals surface area contributed by atoms with Gasteiger partial charge in [-0.1, -0.05) is 11.6 Å². The molecule has 0 aromatic rings. The van der Waals surface area contributed by atoms with Crippen LogP contribution in [0.15, 0.2) is 11.6 Å². The van der Waals surface area contributed by atoms with Gasteiger partial charge in [-0.05, 0) is 33.1 Å². The van der Waals surface area contributed by atoms with E-state index in [-0.39, 0.29) is 31.1 Å². The molecule has 0 radical (unpaired) electrons. The summed E-state index contributed by atoms with van der Waals surface area (Å²) < 4.78 is 4.97. The number of piperidine rings is 1. The average Bonchev–Trinajstić information content (AvgIpc) is 2.45. The molecule has 1 fully saturated rings. The number of allylic oxidation sites excluding steroid dienone is 2. The van der Waals surface area contributed by atoms with Crippen LogP contribution in [0.25, 0.3) is 0 Å². The molecule has 0 unspecified atom stereocenters. The first-order chi connectivity index (χ1) is 9.88. The lowest BCUT2D eigenvalue weighted by atomic mass is 9.77. The molecule has 0 aromatic carbocycles. The quantitative estimate of drug-likeness (QED) is 0.667. The number of ether oxygens (including phenoxy) is 1. The maximum Gasteiger partial charge on any atom is 0.248 e. The van der Waals surface area contributed by atoms with Gasteiger partial charge in [0.2, 0.25) is 11.8 Å². The first kappa shape index (κ1) is 17.7. The van der Waals surface area contributed by atoms with Crippen molar-refractivity contribution in [2.24, 2.45) is 11.1 Å². The number of rotatable bonds is 7. The summed E-state index contributed by atoms with van der Waals surface area (Å²) in [5, 5.41) is 9.74. The van der Waals surface area contributed by atoms with Gasteiger partial charge in [-0.25, -0.2) is 0 Å². The van der Waals surface area contributed by atoms with Crippen molar-refractivity contribution in [1.29, 1.82) is 0 Å². The number of carbonyl (C=O) groups excluding carboxylic acids is 2. The van der Waals surface area contributed by atoms with Crippen LogP contribution in [0.3, 0.4) is 0 Å². The average molecular weight is 298 g/mol. The number of aliphatic hydroxyl groups excluding tert-OH is 1. The largest absolute Gasteiger partial charge is 0.396 e. The molecule has 1 atom stereocenters. The Morgan fingerprint density at radius 2 is 2.10 bits per heavy atom. The van der Waals surface area contributed by atoms with Gasteiger partial charge in [0.1, 0.15) is 13.2 Å². The van der Waals surface area contributed by atoms with Crippen LogP contribution in [0.4, 0.5) is 0 Å². The van der Waals surface area contributed by atoms with Crippen molar-refractivity contribution >= 4 is 11.8 Å². The minimum absolute atomic E-state index is 0.0582. The molecule has 1 aliphatic rings. The summed E-state index contributed by atoms with van der Waals surface area (Å²) in [6.07, 6.45) is 4.63. The zero-order valence-corrected chi connectivity index (χ0v) is 12.9. The van der Waals surface area contributed by atoms with Gasteiger partial charge >= 0.3 is 0 Å². The normalized spacial score (nSPS) is 22.0. The number of primary amides is 1. The highest BCUT2D eigenvalue weighted by molar-refractivity contribution is 5.79. The number of amides is 2. The molecular weight excluding hydrogens is 272 g/mol. The number of hydrogen-bond acceptors (Lipinski definition) is 4. The number of nitrogens with two attached hydrogens (primary N) is 1. The lowest BCUT2D eigenvalue weighted by Gasteiger charge is -2.41. The second-order valence-corrected chi connectivity index (χ2v) is 6.02. The molecule has 1 rings (SSSR count). The highest BCUT2D eigenvalue weighted by atomic mass is 16.5. The van der Waals surface area contributed by atoms with Crippen LogP contribution in [0, 0.1) is 5.41 Å². The Kier molecular flexibility index (Phi) is 6.84. The molecule has 0 spiro atoms. The first-order valence-corrected chi connectivity index (χ1v) is 7.26. The van der Waals surface area contributed by atoms with Gasteiger partial charge in [0.25, 0.3) is 0 Å². The summed E-state index contributed by atoms with van der Waals surface area (Å²) in [6.45, 7) is 4.89. The molecule has 0 aromatic heterocycles. The Morgan fingerprint density at radius 3 is 2.67 bits per heavy atom. The third-order valence-corrected chi connectivity index (χ3v) is 3.76. The SMILES string of the molecule is CC(C)=CC[C@@]1(CO)CCCN(C(=O)COCC(N)=O)C1. The van der Waals surface area contributed by atoms with Gasteiger partial charge < -0.3 is 20.5 Å². The van der Waals surface area contributed by atoms with Crippen LogP contribution in [-0.2, 0) is 14.3 Å². The fraction of sp³-hybridized carbons (Fsp3) is 0.733. The van der Waals surface area contributed by atoms with Crippen LogP contribution in [-0.4, -0.2) is 54.7 Å². The zero-order chi connectivity index (χ0) is 15.9. The second-order valence-electron chi connectivity index (χ2n) is 6.02. The van der Waals surface area contributed by atoms with Crippen LogP contribution in [0.5, 0.6) is 0 Å². The van der Waals surface area contributed by atoms with Gasteiger partial charge in [-0.15, -0.1) is 0 Å². The Bertz CT molecular complexity index is 404. The Hall–Kier alpha value is -1.40. The topological polar surface area (TPSA) is 92.9 Å². The van der Waals surface area contributed by atoms with E-state index in [1.807, 2.05) is 13.8 Å². The van der Waals surface area contributed by atoms with Crippen molar-refractivity contribution in [2.75, 3.05) is 32.9 Å². The van der Waals surface area contributed by atoms with E-state index in [1.165, 1.54) is 5.57 Å². The highest BCUT2D eigenvalue weighted by Crippen LogP contribution is 2.34. The Balaban J connectivity index is 2.58.